The van der Waals surface area contributed by atoms with Crippen molar-refractivity contribution in [2.75, 3.05) is 21.1 Å². The zero-order valence-electron chi connectivity index (χ0n) is 15.9. The topological polar surface area (TPSA) is 73.8 Å². The Hall–Kier alpha value is -0.590. The van der Waals surface area contributed by atoms with Crippen LogP contribution < -0.4 is 10.6 Å². The van der Waals surface area contributed by atoms with E-state index in [-0.39, 0.29) is 30.0 Å². The van der Waals surface area contributed by atoms with Crippen LogP contribution in [0.5, 0.6) is 0 Å². The molecule has 156 valence electrons. The first kappa shape index (κ1) is 25.4. The van der Waals surface area contributed by atoms with Crippen LogP contribution in [-0.4, -0.2) is 39.8 Å². The molecule has 0 aliphatic carbocycles. The molecular formula is C17H23Cl2IN4O2S2. The van der Waals surface area contributed by atoms with Crippen molar-refractivity contribution in [1.82, 2.24) is 14.9 Å². The van der Waals surface area contributed by atoms with E-state index in [9.17, 15) is 8.42 Å². The van der Waals surface area contributed by atoms with Crippen LogP contribution >= 0.6 is 58.5 Å². The van der Waals surface area contributed by atoms with Gasteiger partial charge in [-0.3, -0.25) is 4.99 Å². The number of halogens is 3. The van der Waals surface area contributed by atoms with Crippen molar-refractivity contribution in [2.45, 2.75) is 23.7 Å². The van der Waals surface area contributed by atoms with Crippen LogP contribution in [0.15, 0.2) is 39.5 Å². The number of hydrogen-bond donors (Lipinski definition) is 2. The minimum atomic E-state index is -3.41. The number of aliphatic imine (C=N–C) groups is 1. The van der Waals surface area contributed by atoms with E-state index in [0.29, 0.717) is 26.8 Å². The second-order valence-corrected chi connectivity index (χ2v) is 10.4. The summed E-state index contributed by atoms with van der Waals surface area (Å²) in [7, 11) is 1.29. The van der Waals surface area contributed by atoms with Crippen LogP contribution in [0.4, 0.5) is 0 Å². The lowest BCUT2D eigenvalue weighted by atomic mass is 10.1. The number of nitrogens with one attached hydrogen (secondary N) is 2. The largest absolute Gasteiger partial charge is 0.352 e. The van der Waals surface area contributed by atoms with E-state index in [1.54, 1.807) is 31.3 Å². The van der Waals surface area contributed by atoms with Gasteiger partial charge in [0.25, 0.3) is 10.0 Å². The highest BCUT2D eigenvalue weighted by Crippen LogP contribution is 2.26. The average Bonchev–Trinajstić information content (AvgIpc) is 3.07. The van der Waals surface area contributed by atoms with Crippen molar-refractivity contribution in [3.63, 3.8) is 0 Å². The van der Waals surface area contributed by atoms with Crippen molar-refractivity contribution in [1.29, 1.82) is 0 Å². The fourth-order valence-corrected chi connectivity index (χ4v) is 5.31. The maximum Gasteiger partial charge on any atom is 0.252 e. The molecule has 11 heteroatoms. The van der Waals surface area contributed by atoms with Crippen LogP contribution in [0.2, 0.25) is 10.0 Å². The third-order valence-electron chi connectivity index (χ3n) is 3.81. The van der Waals surface area contributed by atoms with Gasteiger partial charge in [-0.15, -0.1) is 35.3 Å². The van der Waals surface area contributed by atoms with Crippen LogP contribution in [-0.2, 0) is 16.6 Å². The molecule has 0 fully saturated rings. The lowest BCUT2D eigenvalue weighted by Gasteiger charge is -2.19. The molecule has 0 aliphatic rings. The van der Waals surface area contributed by atoms with Crippen LogP contribution in [0.25, 0.3) is 0 Å². The minimum absolute atomic E-state index is 0. The van der Waals surface area contributed by atoms with Gasteiger partial charge in [0.05, 0.1) is 12.6 Å². The number of thiophene rings is 1. The third-order valence-corrected chi connectivity index (χ3v) is 7.74. The van der Waals surface area contributed by atoms with Crippen LogP contribution in [0.1, 0.15) is 23.4 Å². The van der Waals surface area contributed by atoms with Gasteiger partial charge in [-0.05, 0) is 36.8 Å². The molecule has 2 aromatic rings. The molecule has 1 heterocycles. The summed E-state index contributed by atoms with van der Waals surface area (Å²) in [5.74, 6) is 0.582. The van der Waals surface area contributed by atoms with Crippen molar-refractivity contribution >= 4 is 74.5 Å². The molecule has 0 saturated carbocycles. The smallest absolute Gasteiger partial charge is 0.252 e. The Labute approximate surface area is 197 Å². The lowest BCUT2D eigenvalue weighted by molar-refractivity contribution is 0.523. The summed E-state index contributed by atoms with van der Waals surface area (Å²) < 4.78 is 25.8. The molecule has 1 atom stereocenters. The molecule has 0 aliphatic heterocycles. The number of rotatable bonds is 6. The Kier molecular flexibility index (Phi) is 9.98. The average molecular weight is 577 g/mol. The predicted octanol–water partition coefficient (Wildman–Crippen LogP) is 4.35. The highest BCUT2D eigenvalue weighted by atomic mass is 127. The first-order valence-corrected chi connectivity index (χ1v) is 11.1. The summed E-state index contributed by atoms with van der Waals surface area (Å²) in [6.45, 7) is 2.42. The molecule has 2 N–H and O–H groups in total. The van der Waals surface area contributed by atoms with Crippen molar-refractivity contribution in [2.24, 2.45) is 4.99 Å². The molecule has 0 spiro atoms. The van der Waals surface area contributed by atoms with E-state index in [4.69, 9.17) is 23.2 Å². The van der Waals surface area contributed by atoms with E-state index in [0.717, 1.165) is 10.4 Å². The van der Waals surface area contributed by atoms with Gasteiger partial charge in [-0.1, -0.05) is 29.3 Å². The fraction of sp³-hybridized carbons (Fsp3) is 0.353. The van der Waals surface area contributed by atoms with E-state index < -0.39 is 10.0 Å². The maximum absolute atomic E-state index is 12.2. The van der Waals surface area contributed by atoms with Gasteiger partial charge < -0.3 is 10.6 Å². The number of benzene rings is 1. The highest BCUT2D eigenvalue weighted by molar-refractivity contribution is 14.0. The Morgan fingerprint density at radius 3 is 2.50 bits per heavy atom. The van der Waals surface area contributed by atoms with Crippen molar-refractivity contribution < 1.29 is 8.42 Å². The quantitative estimate of drug-likeness (QED) is 0.305. The summed E-state index contributed by atoms with van der Waals surface area (Å²) in [5, 5.41) is 7.60. The van der Waals surface area contributed by atoms with Gasteiger partial charge in [0.1, 0.15) is 4.21 Å². The molecule has 6 nitrogen and oxygen atoms in total. The Morgan fingerprint density at radius 2 is 1.93 bits per heavy atom. The summed E-state index contributed by atoms with van der Waals surface area (Å²) in [6.07, 6.45) is 0. The minimum Gasteiger partial charge on any atom is -0.352 e. The molecule has 28 heavy (non-hydrogen) atoms. The van der Waals surface area contributed by atoms with Gasteiger partial charge in [-0.25, -0.2) is 12.7 Å². The fourth-order valence-electron chi connectivity index (χ4n) is 2.27. The molecule has 1 aromatic heterocycles. The monoisotopic (exact) mass is 576 g/mol. The first-order valence-electron chi connectivity index (χ1n) is 8.08. The van der Waals surface area contributed by atoms with Crippen LogP contribution in [0.3, 0.4) is 0 Å². The van der Waals surface area contributed by atoms with E-state index in [1.165, 1.54) is 29.7 Å². The predicted molar refractivity (Wildman–Crippen MR) is 129 cm³/mol. The molecule has 1 unspecified atom stereocenters. The van der Waals surface area contributed by atoms with Gasteiger partial charge in [0.15, 0.2) is 5.96 Å². The summed E-state index contributed by atoms with van der Waals surface area (Å²) in [4.78, 5) is 5.09. The molecule has 1 aromatic carbocycles. The molecule has 0 amide bonds. The highest BCUT2D eigenvalue weighted by Gasteiger charge is 2.19. The molecule has 0 bridgehead atoms. The normalized spacial score (nSPS) is 13.2. The lowest BCUT2D eigenvalue weighted by Crippen LogP contribution is -2.38. The Morgan fingerprint density at radius 1 is 1.25 bits per heavy atom. The zero-order chi connectivity index (χ0) is 20.2. The molecule has 0 radical (unpaired) electrons. The van der Waals surface area contributed by atoms with Gasteiger partial charge in [0, 0.05) is 36.1 Å². The van der Waals surface area contributed by atoms with Gasteiger partial charge in [0.2, 0.25) is 0 Å². The molecule has 2 rings (SSSR count). The standard InChI is InChI=1S/C17H22Cl2N4O2S2.HI/c1-11(14-7-5-12(18)9-15(14)19)22-17(20-2)21-10-13-6-8-16(26-13)27(24,25)23(3)4;/h5-9,11H,10H2,1-4H3,(H2,20,21,22);1H. The number of guanidine groups is 1. The number of hydrogen-bond acceptors (Lipinski definition) is 4. The van der Waals surface area contributed by atoms with Gasteiger partial charge in [-0.2, -0.15) is 0 Å². The second kappa shape index (κ2) is 11.0. The summed E-state index contributed by atoms with van der Waals surface area (Å²) in [6, 6.07) is 8.67. The van der Waals surface area contributed by atoms with E-state index >= 15 is 0 Å². The Balaban J connectivity index is 0.00000392. The third kappa shape index (κ3) is 6.46. The summed E-state index contributed by atoms with van der Waals surface area (Å²) >= 11 is 13.4. The van der Waals surface area contributed by atoms with Crippen molar-refractivity contribution in [3.8, 4) is 0 Å². The Bertz CT molecular complexity index is 933. The first-order chi connectivity index (χ1) is 12.6. The van der Waals surface area contributed by atoms with Gasteiger partial charge >= 0.3 is 0 Å². The van der Waals surface area contributed by atoms with E-state index in [2.05, 4.69) is 15.6 Å². The molecule has 0 saturated heterocycles. The SMILES string of the molecule is CN=C(NCc1ccc(S(=O)(=O)N(C)C)s1)NC(C)c1ccc(Cl)cc1Cl.I. The van der Waals surface area contributed by atoms with Crippen molar-refractivity contribution in [3.05, 3.63) is 50.8 Å². The summed E-state index contributed by atoms with van der Waals surface area (Å²) in [5.41, 5.74) is 0.902. The zero-order valence-corrected chi connectivity index (χ0v) is 21.3. The number of sulfonamides is 1. The van der Waals surface area contributed by atoms with Crippen LogP contribution in [0, 0.1) is 0 Å². The maximum atomic E-state index is 12.2. The van der Waals surface area contributed by atoms with E-state index in [1.807, 2.05) is 13.0 Å². The number of nitrogens with zero attached hydrogens (tertiary/aromatic N) is 2. The second-order valence-electron chi connectivity index (χ2n) is 5.97. The molecular weight excluding hydrogens is 554 g/mol.